The molecule has 3 heterocycles. The number of rotatable bonds is 2. The van der Waals surface area contributed by atoms with Gasteiger partial charge in [-0.15, -0.1) is 0 Å². The molecule has 18 heavy (non-hydrogen) atoms. The Morgan fingerprint density at radius 1 is 1.22 bits per heavy atom. The van der Waals surface area contributed by atoms with Crippen LogP contribution in [0.3, 0.4) is 0 Å². The molecule has 5 heteroatoms. The van der Waals surface area contributed by atoms with Crippen LogP contribution in [0.2, 0.25) is 0 Å². The van der Waals surface area contributed by atoms with E-state index in [2.05, 4.69) is 0 Å². The van der Waals surface area contributed by atoms with Crippen molar-refractivity contribution < 1.29 is 19.0 Å². The fourth-order valence-corrected chi connectivity index (χ4v) is 2.99. The lowest BCUT2D eigenvalue weighted by Crippen LogP contribution is -2.38. The van der Waals surface area contributed by atoms with Crippen LogP contribution in [0.25, 0.3) is 0 Å². The molecule has 0 aliphatic carbocycles. The molecule has 0 aromatic heterocycles. The second kappa shape index (κ2) is 5.15. The molecule has 1 amide bonds. The molecule has 1 unspecified atom stereocenters. The van der Waals surface area contributed by atoms with Crippen LogP contribution in [0, 0.1) is 0 Å². The second-order valence-electron chi connectivity index (χ2n) is 5.37. The first-order chi connectivity index (χ1) is 8.77. The maximum Gasteiger partial charge on any atom is 0.225 e. The highest BCUT2D eigenvalue weighted by molar-refractivity contribution is 5.77. The molecule has 3 rings (SSSR count). The summed E-state index contributed by atoms with van der Waals surface area (Å²) in [7, 11) is 0. The molecule has 3 fully saturated rings. The Kier molecular flexibility index (Phi) is 3.54. The van der Waals surface area contributed by atoms with E-state index in [1.54, 1.807) is 0 Å². The lowest BCUT2D eigenvalue weighted by atomic mass is 10.1. The summed E-state index contributed by atoms with van der Waals surface area (Å²) in [5.41, 5.74) is 0. The smallest absolute Gasteiger partial charge is 0.225 e. The second-order valence-corrected chi connectivity index (χ2v) is 5.37. The fraction of sp³-hybridized carbons (Fsp3) is 0.923. The number of carbonyl (C=O) groups is 1. The molecule has 102 valence electrons. The number of amides is 1. The van der Waals surface area contributed by atoms with Crippen molar-refractivity contribution in [3.05, 3.63) is 0 Å². The van der Waals surface area contributed by atoms with Crippen molar-refractivity contribution >= 4 is 5.91 Å². The lowest BCUT2D eigenvalue weighted by Gasteiger charge is -2.26. The zero-order valence-corrected chi connectivity index (χ0v) is 10.7. The van der Waals surface area contributed by atoms with E-state index < -0.39 is 5.79 Å². The molecule has 0 aromatic rings. The molecular formula is C13H21NO4. The minimum atomic E-state index is -0.497. The molecule has 3 aliphatic heterocycles. The number of carbonyl (C=O) groups excluding carboxylic acids is 1. The van der Waals surface area contributed by atoms with Gasteiger partial charge < -0.3 is 19.1 Å². The van der Waals surface area contributed by atoms with E-state index in [0.717, 1.165) is 32.4 Å². The topological polar surface area (TPSA) is 48.0 Å². The predicted octanol–water partition coefficient (Wildman–Crippen LogP) is 0.921. The molecule has 0 saturated carbocycles. The van der Waals surface area contributed by atoms with Crippen LogP contribution in [0.1, 0.15) is 32.1 Å². The Bertz CT molecular complexity index is 308. The van der Waals surface area contributed by atoms with Gasteiger partial charge in [-0.25, -0.2) is 0 Å². The van der Waals surface area contributed by atoms with Crippen LogP contribution in [0.15, 0.2) is 0 Å². The molecule has 1 spiro atoms. The highest BCUT2D eigenvalue weighted by Crippen LogP contribution is 2.31. The number of hydrogen-bond donors (Lipinski definition) is 0. The average Bonchev–Trinajstić information content (AvgIpc) is 3.02. The van der Waals surface area contributed by atoms with Gasteiger partial charge in [0.15, 0.2) is 5.79 Å². The largest absolute Gasteiger partial charge is 0.378 e. The lowest BCUT2D eigenvalue weighted by molar-refractivity contribution is -0.153. The Morgan fingerprint density at radius 2 is 2.06 bits per heavy atom. The van der Waals surface area contributed by atoms with Crippen molar-refractivity contribution in [3.8, 4) is 0 Å². The number of ether oxygens (including phenoxy) is 3. The monoisotopic (exact) mass is 255 g/mol. The molecule has 3 aliphatic rings. The van der Waals surface area contributed by atoms with Crippen LogP contribution in [0.5, 0.6) is 0 Å². The molecule has 0 bridgehead atoms. The molecule has 0 radical (unpaired) electrons. The van der Waals surface area contributed by atoms with E-state index in [0.29, 0.717) is 26.2 Å². The third kappa shape index (κ3) is 2.53. The normalized spacial score (nSPS) is 31.1. The Hall–Kier alpha value is -0.650. The van der Waals surface area contributed by atoms with Gasteiger partial charge in [-0.1, -0.05) is 0 Å². The SMILES string of the molecule is O=C(CC1CCCCO1)N1CCC2(C1)OCCO2. The van der Waals surface area contributed by atoms with Crippen molar-refractivity contribution in [2.45, 2.75) is 44.0 Å². The first-order valence-corrected chi connectivity index (χ1v) is 6.95. The molecule has 5 nitrogen and oxygen atoms in total. The van der Waals surface area contributed by atoms with Gasteiger partial charge in [-0.05, 0) is 19.3 Å². The van der Waals surface area contributed by atoms with E-state index in [1.807, 2.05) is 4.90 Å². The zero-order chi connectivity index (χ0) is 12.4. The zero-order valence-electron chi connectivity index (χ0n) is 10.7. The first kappa shape index (κ1) is 12.4. The summed E-state index contributed by atoms with van der Waals surface area (Å²) in [6.07, 6.45) is 4.74. The van der Waals surface area contributed by atoms with Gasteiger partial charge in [0.05, 0.1) is 32.3 Å². The fourth-order valence-electron chi connectivity index (χ4n) is 2.99. The van der Waals surface area contributed by atoms with E-state index in [4.69, 9.17) is 14.2 Å². The number of likely N-dealkylation sites (tertiary alicyclic amines) is 1. The maximum atomic E-state index is 12.2. The Labute approximate surface area is 107 Å². The quantitative estimate of drug-likeness (QED) is 0.736. The van der Waals surface area contributed by atoms with Gasteiger partial charge in [0.25, 0.3) is 0 Å². The van der Waals surface area contributed by atoms with E-state index in [-0.39, 0.29) is 12.0 Å². The van der Waals surface area contributed by atoms with Crippen LogP contribution in [-0.4, -0.2) is 55.6 Å². The molecule has 3 saturated heterocycles. The van der Waals surface area contributed by atoms with Crippen LogP contribution >= 0.6 is 0 Å². The summed E-state index contributed by atoms with van der Waals surface area (Å²) in [6.45, 7) is 3.42. The standard InChI is InChI=1S/C13H21NO4/c15-12(9-11-3-1-2-6-16-11)14-5-4-13(10-14)17-7-8-18-13/h11H,1-10H2. The van der Waals surface area contributed by atoms with E-state index in [9.17, 15) is 4.79 Å². The minimum Gasteiger partial charge on any atom is -0.378 e. The van der Waals surface area contributed by atoms with Gasteiger partial charge in [0.1, 0.15) is 0 Å². The van der Waals surface area contributed by atoms with Crippen molar-refractivity contribution in [1.82, 2.24) is 4.90 Å². The van der Waals surface area contributed by atoms with Crippen molar-refractivity contribution in [1.29, 1.82) is 0 Å². The van der Waals surface area contributed by atoms with Gasteiger partial charge in [0, 0.05) is 19.6 Å². The summed E-state index contributed by atoms with van der Waals surface area (Å²) in [6, 6.07) is 0. The van der Waals surface area contributed by atoms with Gasteiger partial charge in [-0.2, -0.15) is 0 Å². The summed E-state index contributed by atoms with van der Waals surface area (Å²) in [4.78, 5) is 14.1. The molecule has 1 atom stereocenters. The number of hydrogen-bond acceptors (Lipinski definition) is 4. The van der Waals surface area contributed by atoms with E-state index in [1.165, 1.54) is 6.42 Å². The number of nitrogens with zero attached hydrogens (tertiary/aromatic N) is 1. The third-order valence-corrected chi connectivity index (χ3v) is 4.04. The first-order valence-electron chi connectivity index (χ1n) is 6.95. The van der Waals surface area contributed by atoms with Crippen molar-refractivity contribution in [3.63, 3.8) is 0 Å². The summed E-state index contributed by atoms with van der Waals surface area (Å²) < 4.78 is 16.9. The maximum absolute atomic E-state index is 12.2. The van der Waals surface area contributed by atoms with Gasteiger partial charge >= 0.3 is 0 Å². The van der Waals surface area contributed by atoms with Gasteiger partial charge in [-0.3, -0.25) is 4.79 Å². The van der Waals surface area contributed by atoms with Crippen LogP contribution < -0.4 is 0 Å². The van der Waals surface area contributed by atoms with Gasteiger partial charge in [0.2, 0.25) is 5.91 Å². The van der Waals surface area contributed by atoms with Crippen molar-refractivity contribution in [2.75, 3.05) is 32.9 Å². The Balaban J connectivity index is 1.50. The third-order valence-electron chi connectivity index (χ3n) is 4.04. The summed E-state index contributed by atoms with van der Waals surface area (Å²) in [5.74, 6) is -0.318. The molecule has 0 N–H and O–H groups in total. The average molecular weight is 255 g/mol. The summed E-state index contributed by atoms with van der Waals surface area (Å²) in [5, 5.41) is 0. The van der Waals surface area contributed by atoms with E-state index >= 15 is 0 Å². The van der Waals surface area contributed by atoms with Crippen LogP contribution in [0.4, 0.5) is 0 Å². The van der Waals surface area contributed by atoms with Crippen molar-refractivity contribution in [2.24, 2.45) is 0 Å². The molecule has 0 aromatic carbocycles. The summed E-state index contributed by atoms with van der Waals surface area (Å²) >= 11 is 0. The molecular weight excluding hydrogens is 234 g/mol. The Morgan fingerprint density at radius 3 is 2.78 bits per heavy atom. The minimum absolute atomic E-state index is 0.119. The van der Waals surface area contributed by atoms with Crippen LogP contribution in [-0.2, 0) is 19.0 Å². The predicted molar refractivity (Wildman–Crippen MR) is 64.0 cm³/mol. The highest BCUT2D eigenvalue weighted by Gasteiger charge is 2.44. The highest BCUT2D eigenvalue weighted by atomic mass is 16.7.